The lowest BCUT2D eigenvalue weighted by Gasteiger charge is -2.10. The maximum atomic E-state index is 10.6. The van der Waals surface area contributed by atoms with Gasteiger partial charge >= 0.3 is 0 Å². The summed E-state index contributed by atoms with van der Waals surface area (Å²) in [5.41, 5.74) is 0.128. The van der Waals surface area contributed by atoms with E-state index >= 15 is 0 Å². The highest BCUT2D eigenvalue weighted by Crippen LogP contribution is 2.38. The second-order valence-corrected chi connectivity index (χ2v) is 3.69. The third kappa shape index (κ3) is 2.53. The van der Waals surface area contributed by atoms with Gasteiger partial charge in [-0.3, -0.25) is 4.79 Å². The molecule has 0 saturated carbocycles. The van der Waals surface area contributed by atoms with Crippen LogP contribution in [0.4, 0.5) is 0 Å². The molecule has 0 bridgehead atoms. The molecule has 0 aliphatic carbocycles. The van der Waals surface area contributed by atoms with E-state index in [4.69, 9.17) is 23.2 Å². The summed E-state index contributed by atoms with van der Waals surface area (Å²) in [7, 11) is 0. The van der Waals surface area contributed by atoms with Crippen LogP contribution in [0.25, 0.3) is 0 Å². The van der Waals surface area contributed by atoms with E-state index in [0.717, 1.165) is 0 Å². The van der Waals surface area contributed by atoms with Crippen molar-refractivity contribution in [3.8, 4) is 11.5 Å². The Bertz CT molecular complexity index is 332. The van der Waals surface area contributed by atoms with E-state index in [1.165, 1.54) is 18.2 Å². The molecule has 0 aliphatic heterocycles. The average molecular weight is 235 g/mol. The standard InChI is InChI=1S/C9H8Cl2O3/c10-5(4-8(11)14)9-6(12)2-1-3-7(9)13/h1-3,5,12-13H,4H2. The molecule has 0 heterocycles. The van der Waals surface area contributed by atoms with Crippen molar-refractivity contribution in [2.75, 3.05) is 0 Å². The quantitative estimate of drug-likeness (QED) is 0.625. The molecule has 5 heteroatoms. The highest BCUT2D eigenvalue weighted by atomic mass is 35.5. The van der Waals surface area contributed by atoms with Gasteiger partial charge in [-0.1, -0.05) is 6.07 Å². The van der Waals surface area contributed by atoms with Gasteiger partial charge in [0.05, 0.1) is 10.9 Å². The van der Waals surface area contributed by atoms with Crippen molar-refractivity contribution in [2.45, 2.75) is 11.8 Å². The number of phenolic OH excluding ortho intramolecular Hbond substituents is 2. The predicted molar refractivity (Wildman–Crippen MR) is 53.8 cm³/mol. The normalized spacial score (nSPS) is 12.4. The van der Waals surface area contributed by atoms with Crippen LogP contribution in [0.3, 0.4) is 0 Å². The second-order valence-electron chi connectivity index (χ2n) is 2.74. The minimum Gasteiger partial charge on any atom is -0.507 e. The molecule has 0 amide bonds. The van der Waals surface area contributed by atoms with Gasteiger partial charge in [-0.25, -0.2) is 0 Å². The Hall–Kier alpha value is -0.930. The molecule has 0 aromatic heterocycles. The van der Waals surface area contributed by atoms with Gasteiger partial charge in [0, 0.05) is 6.42 Å². The molecule has 0 spiro atoms. The van der Waals surface area contributed by atoms with Gasteiger partial charge in [-0.05, 0) is 23.7 Å². The molecule has 76 valence electrons. The molecule has 14 heavy (non-hydrogen) atoms. The van der Waals surface area contributed by atoms with Crippen molar-refractivity contribution in [3.63, 3.8) is 0 Å². The number of carbonyl (C=O) groups excluding carboxylic acids is 1. The molecule has 2 N–H and O–H groups in total. The maximum absolute atomic E-state index is 10.6. The van der Waals surface area contributed by atoms with Gasteiger partial charge in [-0.2, -0.15) is 0 Å². The monoisotopic (exact) mass is 234 g/mol. The second kappa shape index (κ2) is 4.53. The lowest BCUT2D eigenvalue weighted by atomic mass is 10.1. The number of carbonyl (C=O) groups is 1. The van der Waals surface area contributed by atoms with Crippen molar-refractivity contribution >= 4 is 28.4 Å². The SMILES string of the molecule is O=C(Cl)CC(Cl)c1c(O)cccc1O. The molecule has 1 rings (SSSR count). The van der Waals surface area contributed by atoms with E-state index in [1.54, 1.807) is 0 Å². The van der Waals surface area contributed by atoms with Crippen molar-refractivity contribution in [1.29, 1.82) is 0 Å². The molecular formula is C9H8Cl2O3. The van der Waals surface area contributed by atoms with Crippen LogP contribution in [0.5, 0.6) is 11.5 Å². The Morgan fingerprint density at radius 3 is 2.29 bits per heavy atom. The summed E-state index contributed by atoms with van der Waals surface area (Å²) in [6.45, 7) is 0. The number of benzene rings is 1. The first kappa shape index (κ1) is 11.1. The zero-order valence-corrected chi connectivity index (χ0v) is 8.59. The molecule has 0 aliphatic rings. The molecule has 3 nitrogen and oxygen atoms in total. The van der Waals surface area contributed by atoms with Crippen molar-refractivity contribution < 1.29 is 15.0 Å². The fourth-order valence-electron chi connectivity index (χ4n) is 1.11. The molecular weight excluding hydrogens is 227 g/mol. The van der Waals surface area contributed by atoms with E-state index < -0.39 is 10.6 Å². The number of aromatic hydroxyl groups is 2. The summed E-state index contributed by atoms with van der Waals surface area (Å²) in [5.74, 6) is -0.300. The van der Waals surface area contributed by atoms with Gasteiger partial charge in [0.15, 0.2) is 0 Å². The number of halogens is 2. The van der Waals surface area contributed by atoms with E-state index in [2.05, 4.69) is 0 Å². The van der Waals surface area contributed by atoms with Gasteiger partial charge in [-0.15, -0.1) is 11.6 Å². The van der Waals surface area contributed by atoms with Crippen LogP contribution >= 0.6 is 23.2 Å². The lowest BCUT2D eigenvalue weighted by molar-refractivity contribution is -0.111. The Balaban J connectivity index is 2.99. The molecule has 1 aromatic rings. The van der Waals surface area contributed by atoms with Crippen molar-refractivity contribution in [1.82, 2.24) is 0 Å². The molecule has 1 aromatic carbocycles. The van der Waals surface area contributed by atoms with E-state index in [0.29, 0.717) is 0 Å². The van der Waals surface area contributed by atoms with Crippen molar-refractivity contribution in [3.05, 3.63) is 23.8 Å². The molecule has 1 unspecified atom stereocenters. The average Bonchev–Trinajstić information content (AvgIpc) is 2.01. The summed E-state index contributed by atoms with van der Waals surface area (Å²) < 4.78 is 0. The number of alkyl halides is 1. The minimum absolute atomic E-state index is 0.128. The first-order chi connectivity index (χ1) is 6.52. The van der Waals surface area contributed by atoms with Crippen LogP contribution in [0, 0.1) is 0 Å². The molecule has 0 saturated heterocycles. The van der Waals surface area contributed by atoms with Gasteiger partial charge in [0.25, 0.3) is 0 Å². The van der Waals surface area contributed by atoms with Crippen LogP contribution in [0.15, 0.2) is 18.2 Å². The summed E-state index contributed by atoms with van der Waals surface area (Å²) in [6, 6.07) is 4.23. The summed E-state index contributed by atoms with van der Waals surface area (Å²) in [4.78, 5) is 10.6. The Morgan fingerprint density at radius 1 is 1.36 bits per heavy atom. The molecule has 0 radical (unpaired) electrons. The third-order valence-electron chi connectivity index (χ3n) is 1.71. The fourth-order valence-corrected chi connectivity index (χ4v) is 1.70. The highest BCUT2D eigenvalue weighted by Gasteiger charge is 2.18. The van der Waals surface area contributed by atoms with Gasteiger partial charge in [0.2, 0.25) is 5.24 Å². The number of hydrogen-bond acceptors (Lipinski definition) is 3. The van der Waals surface area contributed by atoms with Gasteiger partial charge in [0.1, 0.15) is 11.5 Å². The summed E-state index contributed by atoms with van der Waals surface area (Å²) in [5, 5.41) is 17.3. The largest absolute Gasteiger partial charge is 0.507 e. The minimum atomic E-state index is -0.818. The highest BCUT2D eigenvalue weighted by molar-refractivity contribution is 6.63. The van der Waals surface area contributed by atoms with Crippen LogP contribution in [-0.2, 0) is 4.79 Å². The van der Waals surface area contributed by atoms with Crippen LogP contribution in [-0.4, -0.2) is 15.5 Å². The molecule has 0 fully saturated rings. The Labute approximate surface area is 90.9 Å². The summed E-state index contributed by atoms with van der Waals surface area (Å²) in [6.07, 6.45) is -0.145. The van der Waals surface area contributed by atoms with E-state index in [9.17, 15) is 15.0 Å². The van der Waals surface area contributed by atoms with Crippen molar-refractivity contribution in [2.24, 2.45) is 0 Å². The third-order valence-corrected chi connectivity index (χ3v) is 2.24. The first-order valence-electron chi connectivity index (χ1n) is 3.85. The predicted octanol–water partition coefficient (Wildman–Crippen LogP) is 2.53. The van der Waals surface area contributed by atoms with Crippen LogP contribution < -0.4 is 0 Å². The Morgan fingerprint density at radius 2 is 1.86 bits per heavy atom. The fraction of sp³-hybridized carbons (Fsp3) is 0.222. The number of rotatable bonds is 3. The number of phenols is 2. The zero-order valence-electron chi connectivity index (χ0n) is 7.08. The Kier molecular flexibility index (Phi) is 3.61. The van der Waals surface area contributed by atoms with Gasteiger partial charge < -0.3 is 10.2 Å². The first-order valence-corrected chi connectivity index (χ1v) is 4.67. The van der Waals surface area contributed by atoms with Crippen LogP contribution in [0.1, 0.15) is 17.4 Å². The van der Waals surface area contributed by atoms with Crippen LogP contribution in [0.2, 0.25) is 0 Å². The maximum Gasteiger partial charge on any atom is 0.223 e. The smallest absolute Gasteiger partial charge is 0.223 e. The van der Waals surface area contributed by atoms with E-state index in [1.807, 2.05) is 0 Å². The number of hydrogen-bond donors (Lipinski definition) is 2. The summed E-state index contributed by atoms with van der Waals surface area (Å²) >= 11 is 10.9. The zero-order chi connectivity index (χ0) is 10.7. The van der Waals surface area contributed by atoms with E-state index in [-0.39, 0.29) is 23.5 Å². The molecule has 1 atom stereocenters. The lowest BCUT2D eigenvalue weighted by Crippen LogP contribution is -1.97. The topological polar surface area (TPSA) is 57.5 Å².